The number of halogens is 1. The van der Waals surface area contributed by atoms with Gasteiger partial charge in [0.25, 0.3) is 11.6 Å². The van der Waals surface area contributed by atoms with Gasteiger partial charge in [-0.15, -0.1) is 0 Å². The monoisotopic (exact) mass is 444 g/mol. The summed E-state index contributed by atoms with van der Waals surface area (Å²) >= 11 is 6.07. The standard InChI is InChI=1S/C22H25ClN4O4/c1-15(2)20(24-21(28)18-9-8-17(27(30)31)14-19(18)23)22(29)26-12-10-25(11-13-26)16-6-4-3-5-7-16/h3-9,14-15,20H,10-13H2,1-2H3,(H,24,28). The molecule has 3 rings (SSSR count). The number of nitro benzene ring substituents is 1. The molecule has 2 aromatic carbocycles. The molecule has 1 unspecified atom stereocenters. The van der Waals surface area contributed by atoms with Crippen molar-refractivity contribution in [2.45, 2.75) is 19.9 Å². The lowest BCUT2D eigenvalue weighted by Gasteiger charge is -2.38. The molecule has 1 saturated heterocycles. The molecule has 164 valence electrons. The molecular formula is C22H25ClN4O4. The lowest BCUT2D eigenvalue weighted by atomic mass is 10.0. The molecule has 9 heteroatoms. The first-order chi connectivity index (χ1) is 14.8. The Bertz CT molecular complexity index is 959. The Morgan fingerprint density at radius 1 is 1.06 bits per heavy atom. The number of nitro groups is 1. The maximum atomic E-state index is 13.1. The van der Waals surface area contributed by atoms with Gasteiger partial charge in [-0.05, 0) is 24.1 Å². The van der Waals surface area contributed by atoms with E-state index in [1.165, 1.54) is 12.1 Å². The third-order valence-electron chi connectivity index (χ3n) is 5.34. The SMILES string of the molecule is CC(C)C(NC(=O)c1ccc([N+](=O)[O-])cc1Cl)C(=O)N1CCN(c2ccccc2)CC1. The Labute approximate surface area is 185 Å². The number of nitrogens with one attached hydrogen (secondary N) is 1. The number of nitrogens with zero attached hydrogens (tertiary/aromatic N) is 3. The van der Waals surface area contributed by atoms with Gasteiger partial charge in [-0.25, -0.2) is 0 Å². The average molecular weight is 445 g/mol. The molecule has 2 amide bonds. The molecule has 0 aliphatic carbocycles. The summed E-state index contributed by atoms with van der Waals surface area (Å²) in [6.45, 7) is 6.27. The molecule has 0 radical (unpaired) electrons. The highest BCUT2D eigenvalue weighted by molar-refractivity contribution is 6.34. The van der Waals surface area contributed by atoms with Crippen molar-refractivity contribution in [2.75, 3.05) is 31.1 Å². The molecule has 1 N–H and O–H groups in total. The van der Waals surface area contributed by atoms with E-state index in [0.717, 1.165) is 11.8 Å². The number of anilines is 1. The summed E-state index contributed by atoms with van der Waals surface area (Å²) < 4.78 is 0. The van der Waals surface area contributed by atoms with Crippen LogP contribution in [0.1, 0.15) is 24.2 Å². The molecule has 1 aliphatic rings. The topological polar surface area (TPSA) is 95.8 Å². The Morgan fingerprint density at radius 3 is 2.26 bits per heavy atom. The van der Waals surface area contributed by atoms with Crippen molar-refractivity contribution < 1.29 is 14.5 Å². The van der Waals surface area contributed by atoms with Gasteiger partial charge in [0, 0.05) is 44.0 Å². The van der Waals surface area contributed by atoms with Gasteiger partial charge in [-0.2, -0.15) is 0 Å². The van der Waals surface area contributed by atoms with Crippen molar-refractivity contribution in [3.8, 4) is 0 Å². The number of rotatable bonds is 6. The minimum absolute atomic E-state index is 0.0295. The summed E-state index contributed by atoms with van der Waals surface area (Å²) in [6, 6.07) is 13.0. The van der Waals surface area contributed by atoms with E-state index in [4.69, 9.17) is 11.6 Å². The molecule has 1 fully saturated rings. The van der Waals surface area contributed by atoms with Crippen LogP contribution in [0.5, 0.6) is 0 Å². The first-order valence-corrected chi connectivity index (χ1v) is 10.5. The number of carbonyl (C=O) groups is 2. The molecule has 31 heavy (non-hydrogen) atoms. The first-order valence-electron chi connectivity index (χ1n) is 10.1. The molecule has 0 bridgehead atoms. The van der Waals surface area contributed by atoms with E-state index in [2.05, 4.69) is 10.2 Å². The van der Waals surface area contributed by atoms with Gasteiger partial charge in [-0.1, -0.05) is 43.6 Å². The average Bonchev–Trinajstić information content (AvgIpc) is 2.77. The van der Waals surface area contributed by atoms with Gasteiger partial charge in [0.15, 0.2) is 0 Å². The van der Waals surface area contributed by atoms with Crippen LogP contribution in [0.3, 0.4) is 0 Å². The molecule has 0 spiro atoms. The lowest BCUT2D eigenvalue weighted by molar-refractivity contribution is -0.384. The van der Waals surface area contributed by atoms with E-state index in [-0.39, 0.29) is 28.1 Å². The third-order valence-corrected chi connectivity index (χ3v) is 5.65. The van der Waals surface area contributed by atoms with E-state index < -0.39 is 16.9 Å². The molecule has 2 aromatic rings. The van der Waals surface area contributed by atoms with Gasteiger partial charge in [0.1, 0.15) is 6.04 Å². The van der Waals surface area contributed by atoms with Crippen LogP contribution in [0.25, 0.3) is 0 Å². The first kappa shape index (κ1) is 22.6. The zero-order chi connectivity index (χ0) is 22.5. The predicted molar refractivity (Wildman–Crippen MR) is 119 cm³/mol. The van der Waals surface area contributed by atoms with Crippen LogP contribution < -0.4 is 10.2 Å². The number of carbonyl (C=O) groups excluding carboxylic acids is 2. The van der Waals surface area contributed by atoms with Crippen molar-refractivity contribution in [2.24, 2.45) is 5.92 Å². The normalized spacial score (nSPS) is 15.0. The number of piperazine rings is 1. The number of amides is 2. The summed E-state index contributed by atoms with van der Waals surface area (Å²) in [7, 11) is 0. The van der Waals surface area contributed by atoms with E-state index in [9.17, 15) is 19.7 Å². The van der Waals surface area contributed by atoms with Crippen molar-refractivity contribution >= 4 is 34.8 Å². The van der Waals surface area contributed by atoms with Crippen LogP contribution >= 0.6 is 11.6 Å². The Kier molecular flexibility index (Phi) is 7.12. The van der Waals surface area contributed by atoms with E-state index in [1.807, 2.05) is 44.2 Å². The summed E-state index contributed by atoms with van der Waals surface area (Å²) in [5, 5.41) is 13.6. The quantitative estimate of drug-likeness (QED) is 0.544. The fourth-order valence-corrected chi connectivity index (χ4v) is 3.82. The zero-order valence-electron chi connectivity index (χ0n) is 17.5. The van der Waals surface area contributed by atoms with Crippen LogP contribution in [0.2, 0.25) is 5.02 Å². The van der Waals surface area contributed by atoms with Gasteiger partial charge in [-0.3, -0.25) is 19.7 Å². The number of para-hydroxylation sites is 1. The second kappa shape index (κ2) is 9.78. The zero-order valence-corrected chi connectivity index (χ0v) is 18.2. The lowest BCUT2D eigenvalue weighted by Crippen LogP contribution is -2.56. The molecule has 8 nitrogen and oxygen atoms in total. The summed E-state index contributed by atoms with van der Waals surface area (Å²) in [5.74, 6) is -0.815. The van der Waals surface area contributed by atoms with Crippen LogP contribution in [0.15, 0.2) is 48.5 Å². The fraction of sp³-hybridized carbons (Fsp3) is 0.364. The largest absolute Gasteiger partial charge is 0.368 e. The van der Waals surface area contributed by atoms with Crippen LogP contribution in [0, 0.1) is 16.0 Å². The molecule has 0 saturated carbocycles. The van der Waals surface area contributed by atoms with Crippen LogP contribution in [0.4, 0.5) is 11.4 Å². The van der Waals surface area contributed by atoms with E-state index in [1.54, 1.807) is 4.90 Å². The predicted octanol–water partition coefficient (Wildman–Crippen LogP) is 3.35. The summed E-state index contributed by atoms with van der Waals surface area (Å²) in [4.78, 5) is 40.2. The number of hydrogen-bond acceptors (Lipinski definition) is 5. The summed E-state index contributed by atoms with van der Waals surface area (Å²) in [5.41, 5.74) is 1.02. The maximum Gasteiger partial charge on any atom is 0.270 e. The van der Waals surface area contributed by atoms with Gasteiger partial charge in [0.05, 0.1) is 15.5 Å². The van der Waals surface area contributed by atoms with Crippen molar-refractivity contribution in [3.63, 3.8) is 0 Å². The molecule has 1 aliphatic heterocycles. The fourth-order valence-electron chi connectivity index (χ4n) is 3.55. The van der Waals surface area contributed by atoms with E-state index in [0.29, 0.717) is 26.2 Å². The van der Waals surface area contributed by atoms with Gasteiger partial charge in [0.2, 0.25) is 5.91 Å². The Hall–Kier alpha value is -3.13. The van der Waals surface area contributed by atoms with Crippen LogP contribution in [-0.4, -0.2) is 53.9 Å². The van der Waals surface area contributed by atoms with Gasteiger partial charge >= 0.3 is 0 Å². The minimum atomic E-state index is -0.720. The van der Waals surface area contributed by atoms with Crippen molar-refractivity contribution in [1.29, 1.82) is 0 Å². The van der Waals surface area contributed by atoms with E-state index >= 15 is 0 Å². The Morgan fingerprint density at radius 2 is 1.71 bits per heavy atom. The van der Waals surface area contributed by atoms with Crippen molar-refractivity contribution in [3.05, 3.63) is 69.2 Å². The van der Waals surface area contributed by atoms with Crippen molar-refractivity contribution in [1.82, 2.24) is 10.2 Å². The summed E-state index contributed by atoms with van der Waals surface area (Å²) in [6.07, 6.45) is 0. The Balaban J connectivity index is 1.66. The maximum absolute atomic E-state index is 13.1. The highest BCUT2D eigenvalue weighted by Gasteiger charge is 2.31. The van der Waals surface area contributed by atoms with Gasteiger partial charge < -0.3 is 15.1 Å². The molecule has 1 heterocycles. The smallest absolute Gasteiger partial charge is 0.270 e. The number of benzene rings is 2. The second-order valence-electron chi connectivity index (χ2n) is 7.76. The molecule has 1 atom stereocenters. The highest BCUT2D eigenvalue weighted by Crippen LogP contribution is 2.23. The molecule has 0 aromatic heterocycles. The van der Waals surface area contributed by atoms with Crippen LogP contribution in [-0.2, 0) is 4.79 Å². The third kappa shape index (κ3) is 5.32. The minimum Gasteiger partial charge on any atom is -0.368 e. The second-order valence-corrected chi connectivity index (χ2v) is 8.17. The number of non-ortho nitro benzene ring substituents is 1. The highest BCUT2D eigenvalue weighted by atomic mass is 35.5. The number of hydrogen-bond donors (Lipinski definition) is 1. The molecular weight excluding hydrogens is 420 g/mol.